The maximum atomic E-state index is 11.8. The van der Waals surface area contributed by atoms with Gasteiger partial charge in [-0.2, -0.15) is 0 Å². The van der Waals surface area contributed by atoms with Crippen LogP contribution in [0, 0.1) is 0 Å². The fourth-order valence-electron chi connectivity index (χ4n) is 1.34. The Morgan fingerprint density at radius 3 is 2.77 bits per heavy atom. The maximum Gasteiger partial charge on any atom is 0.242 e. The number of carbonyl (C=O) groups is 1. The number of nitrogens with zero attached hydrogens (tertiary/aromatic N) is 1. The zero-order chi connectivity index (χ0) is 9.90. The third kappa shape index (κ3) is 2.31. The van der Waals surface area contributed by atoms with Crippen LogP contribution in [0.25, 0.3) is 0 Å². The van der Waals surface area contributed by atoms with Crippen molar-refractivity contribution in [2.24, 2.45) is 5.73 Å². The van der Waals surface area contributed by atoms with Crippen LogP contribution in [0.4, 0.5) is 0 Å². The fourth-order valence-corrected chi connectivity index (χ4v) is 1.34. The lowest BCUT2D eigenvalue weighted by Crippen LogP contribution is -2.53. The Labute approximate surface area is 79.6 Å². The average molecular weight is 182 g/mol. The molecule has 0 aromatic rings. The molecule has 74 valence electrons. The number of hydrogen-bond donors (Lipinski definition) is 1. The third-order valence-corrected chi connectivity index (χ3v) is 2.57. The van der Waals surface area contributed by atoms with E-state index in [0.29, 0.717) is 13.0 Å². The monoisotopic (exact) mass is 182 g/mol. The fraction of sp³-hybridized carbons (Fsp3) is 0.700. The highest BCUT2D eigenvalue weighted by atomic mass is 16.2. The molecule has 1 unspecified atom stereocenters. The highest BCUT2D eigenvalue weighted by molar-refractivity contribution is 5.85. The van der Waals surface area contributed by atoms with Gasteiger partial charge in [-0.05, 0) is 19.8 Å². The summed E-state index contributed by atoms with van der Waals surface area (Å²) in [7, 11) is 0. The molecular weight excluding hydrogens is 164 g/mol. The quantitative estimate of drug-likeness (QED) is 0.645. The van der Waals surface area contributed by atoms with Gasteiger partial charge in [0.25, 0.3) is 0 Å². The van der Waals surface area contributed by atoms with E-state index in [0.717, 1.165) is 13.0 Å². The van der Waals surface area contributed by atoms with Gasteiger partial charge in [-0.3, -0.25) is 4.79 Å². The molecule has 0 saturated heterocycles. The van der Waals surface area contributed by atoms with Gasteiger partial charge in [-0.15, -0.1) is 0 Å². The Hall–Kier alpha value is -0.830. The first-order chi connectivity index (χ1) is 6.08. The largest absolute Gasteiger partial charge is 0.337 e. The van der Waals surface area contributed by atoms with Crippen molar-refractivity contribution >= 4 is 5.91 Å². The summed E-state index contributed by atoms with van der Waals surface area (Å²) in [5.74, 6) is 0.0688. The molecule has 0 aliphatic carbocycles. The molecule has 0 fully saturated rings. The van der Waals surface area contributed by atoms with E-state index in [-0.39, 0.29) is 5.91 Å². The van der Waals surface area contributed by atoms with Crippen LogP contribution in [-0.4, -0.2) is 29.4 Å². The van der Waals surface area contributed by atoms with E-state index in [9.17, 15) is 4.79 Å². The molecule has 1 atom stereocenters. The minimum absolute atomic E-state index is 0.0688. The molecule has 1 heterocycles. The smallest absolute Gasteiger partial charge is 0.242 e. The van der Waals surface area contributed by atoms with Gasteiger partial charge in [0, 0.05) is 13.1 Å². The summed E-state index contributed by atoms with van der Waals surface area (Å²) >= 11 is 0. The van der Waals surface area contributed by atoms with Gasteiger partial charge in [0.05, 0.1) is 5.54 Å². The van der Waals surface area contributed by atoms with Crippen LogP contribution in [0.3, 0.4) is 0 Å². The van der Waals surface area contributed by atoms with E-state index in [1.807, 2.05) is 17.9 Å². The first kappa shape index (κ1) is 10.3. The molecule has 3 heteroatoms. The molecule has 1 aliphatic rings. The lowest BCUT2D eigenvalue weighted by molar-refractivity contribution is -0.136. The molecule has 0 aromatic carbocycles. The third-order valence-electron chi connectivity index (χ3n) is 2.57. The lowest BCUT2D eigenvalue weighted by atomic mass is 9.98. The molecular formula is C10H18N2O. The molecule has 0 radical (unpaired) electrons. The first-order valence-corrected chi connectivity index (χ1v) is 4.81. The predicted octanol–water partition coefficient (Wildman–Crippen LogP) is 0.902. The summed E-state index contributed by atoms with van der Waals surface area (Å²) < 4.78 is 0. The summed E-state index contributed by atoms with van der Waals surface area (Å²) in [4.78, 5) is 13.6. The molecule has 0 saturated carbocycles. The number of hydrogen-bond acceptors (Lipinski definition) is 2. The summed E-state index contributed by atoms with van der Waals surface area (Å²) in [6.07, 6.45) is 5.76. The Balaban J connectivity index is 2.61. The van der Waals surface area contributed by atoms with Crippen LogP contribution < -0.4 is 5.73 Å². The Kier molecular flexibility index (Phi) is 3.09. The van der Waals surface area contributed by atoms with Crippen molar-refractivity contribution in [3.63, 3.8) is 0 Å². The number of carbonyl (C=O) groups excluding carboxylic acids is 1. The van der Waals surface area contributed by atoms with Crippen LogP contribution in [0.15, 0.2) is 12.2 Å². The topological polar surface area (TPSA) is 46.3 Å². The minimum atomic E-state index is -0.689. The highest BCUT2D eigenvalue weighted by Gasteiger charge is 2.30. The molecule has 1 amide bonds. The molecule has 13 heavy (non-hydrogen) atoms. The predicted molar refractivity (Wildman–Crippen MR) is 53.2 cm³/mol. The van der Waals surface area contributed by atoms with E-state index in [2.05, 4.69) is 6.08 Å². The van der Waals surface area contributed by atoms with Crippen molar-refractivity contribution in [1.82, 2.24) is 4.90 Å². The summed E-state index contributed by atoms with van der Waals surface area (Å²) in [5, 5.41) is 0. The van der Waals surface area contributed by atoms with Crippen molar-refractivity contribution in [2.75, 3.05) is 13.1 Å². The van der Waals surface area contributed by atoms with Crippen molar-refractivity contribution in [3.05, 3.63) is 12.2 Å². The Morgan fingerprint density at radius 2 is 2.31 bits per heavy atom. The molecule has 1 rings (SSSR count). The number of nitrogens with two attached hydrogens (primary N) is 1. The van der Waals surface area contributed by atoms with Gasteiger partial charge < -0.3 is 10.6 Å². The van der Waals surface area contributed by atoms with Crippen molar-refractivity contribution in [2.45, 2.75) is 32.2 Å². The summed E-state index contributed by atoms with van der Waals surface area (Å²) in [6, 6.07) is 0. The molecule has 2 N–H and O–H groups in total. The van der Waals surface area contributed by atoms with Crippen molar-refractivity contribution in [3.8, 4) is 0 Å². The van der Waals surface area contributed by atoms with Crippen LogP contribution in [0.5, 0.6) is 0 Å². The van der Waals surface area contributed by atoms with Crippen LogP contribution in [0.1, 0.15) is 26.7 Å². The van der Waals surface area contributed by atoms with E-state index < -0.39 is 5.54 Å². The second kappa shape index (κ2) is 3.92. The van der Waals surface area contributed by atoms with E-state index in [4.69, 9.17) is 5.73 Å². The first-order valence-electron chi connectivity index (χ1n) is 4.81. The van der Waals surface area contributed by atoms with Crippen molar-refractivity contribution in [1.29, 1.82) is 0 Å². The minimum Gasteiger partial charge on any atom is -0.337 e. The van der Waals surface area contributed by atoms with Crippen LogP contribution in [0.2, 0.25) is 0 Å². The number of rotatable bonds is 2. The highest BCUT2D eigenvalue weighted by Crippen LogP contribution is 2.12. The maximum absolute atomic E-state index is 11.8. The zero-order valence-electron chi connectivity index (χ0n) is 8.42. The summed E-state index contributed by atoms with van der Waals surface area (Å²) in [6.45, 7) is 5.26. The molecule has 0 spiro atoms. The molecule has 0 aromatic heterocycles. The van der Waals surface area contributed by atoms with Gasteiger partial charge in [-0.1, -0.05) is 19.1 Å². The van der Waals surface area contributed by atoms with Gasteiger partial charge in [0.1, 0.15) is 0 Å². The van der Waals surface area contributed by atoms with E-state index in [1.165, 1.54) is 0 Å². The Bertz CT molecular complexity index is 221. The SMILES string of the molecule is CCC(C)(N)C(=O)N1CC=CCC1. The van der Waals surface area contributed by atoms with E-state index in [1.54, 1.807) is 6.92 Å². The van der Waals surface area contributed by atoms with Crippen LogP contribution in [-0.2, 0) is 4.79 Å². The average Bonchev–Trinajstić information content (AvgIpc) is 2.18. The number of amides is 1. The van der Waals surface area contributed by atoms with Gasteiger partial charge >= 0.3 is 0 Å². The van der Waals surface area contributed by atoms with E-state index >= 15 is 0 Å². The zero-order valence-corrected chi connectivity index (χ0v) is 8.42. The second-order valence-electron chi connectivity index (χ2n) is 3.78. The molecule has 3 nitrogen and oxygen atoms in total. The normalized spacial score (nSPS) is 21.3. The standard InChI is InChI=1S/C10H18N2O/c1-3-10(2,11)9(13)12-7-5-4-6-8-12/h4-5H,3,6-8,11H2,1-2H3. The second-order valence-corrected chi connectivity index (χ2v) is 3.78. The molecule has 1 aliphatic heterocycles. The lowest BCUT2D eigenvalue weighted by Gasteiger charge is -2.31. The van der Waals surface area contributed by atoms with Gasteiger partial charge in [0.15, 0.2) is 0 Å². The van der Waals surface area contributed by atoms with Crippen LogP contribution >= 0.6 is 0 Å². The Morgan fingerprint density at radius 1 is 1.62 bits per heavy atom. The molecule has 0 bridgehead atoms. The van der Waals surface area contributed by atoms with Gasteiger partial charge in [0.2, 0.25) is 5.91 Å². The van der Waals surface area contributed by atoms with Gasteiger partial charge in [-0.25, -0.2) is 0 Å². The summed E-state index contributed by atoms with van der Waals surface area (Å²) in [5.41, 5.74) is 5.19. The van der Waals surface area contributed by atoms with Crippen molar-refractivity contribution < 1.29 is 4.79 Å².